The van der Waals surface area contributed by atoms with Gasteiger partial charge in [-0.15, -0.1) is 0 Å². The summed E-state index contributed by atoms with van der Waals surface area (Å²) in [5.41, 5.74) is 0.474. The Morgan fingerprint density at radius 2 is 2.00 bits per heavy atom. The largest absolute Gasteiger partial charge is 0.504 e. The third-order valence-electron chi connectivity index (χ3n) is 2.28. The van der Waals surface area contributed by atoms with Crippen molar-refractivity contribution in [2.24, 2.45) is 0 Å². The van der Waals surface area contributed by atoms with E-state index in [0.717, 1.165) is 6.08 Å². The van der Waals surface area contributed by atoms with E-state index in [9.17, 15) is 14.7 Å². The molecule has 6 heteroatoms. The second kappa shape index (κ2) is 5.72. The number of aliphatic carboxylic acids is 1. The van der Waals surface area contributed by atoms with E-state index in [0.29, 0.717) is 5.56 Å². The monoisotopic (exact) mass is 251 g/mol. The minimum absolute atomic E-state index is 0.0112. The molecule has 6 nitrogen and oxygen atoms in total. The zero-order valence-electron chi connectivity index (χ0n) is 9.46. The van der Waals surface area contributed by atoms with Crippen LogP contribution in [0.4, 0.5) is 0 Å². The number of phenolic OH excluding ortho intramolecular Hbond substituents is 2. The number of benzene rings is 1. The third-order valence-corrected chi connectivity index (χ3v) is 2.28. The number of amides is 1. The van der Waals surface area contributed by atoms with E-state index in [1.54, 1.807) is 0 Å². The highest BCUT2D eigenvalue weighted by Gasteiger charge is 2.19. The Balaban J connectivity index is 2.83. The van der Waals surface area contributed by atoms with Gasteiger partial charge in [-0.1, -0.05) is 12.6 Å². The molecule has 0 radical (unpaired) electrons. The zero-order valence-corrected chi connectivity index (χ0v) is 9.46. The number of carboxylic acids is 1. The number of carbonyl (C=O) groups is 2. The van der Waals surface area contributed by atoms with Gasteiger partial charge in [0.1, 0.15) is 6.04 Å². The fourth-order valence-corrected chi connectivity index (χ4v) is 1.36. The van der Waals surface area contributed by atoms with Gasteiger partial charge >= 0.3 is 5.97 Å². The molecule has 1 atom stereocenters. The Labute approximate surface area is 103 Å². The first-order valence-corrected chi connectivity index (χ1v) is 5.10. The molecule has 0 aliphatic heterocycles. The second-order valence-corrected chi connectivity index (χ2v) is 3.63. The van der Waals surface area contributed by atoms with Crippen molar-refractivity contribution in [2.75, 3.05) is 0 Å². The molecule has 1 aromatic carbocycles. The quantitative estimate of drug-likeness (QED) is 0.447. The Morgan fingerprint density at radius 1 is 1.33 bits per heavy atom. The van der Waals surface area contributed by atoms with Crippen LogP contribution < -0.4 is 5.32 Å². The molecule has 4 N–H and O–H groups in total. The van der Waals surface area contributed by atoms with Crippen LogP contribution in [0.15, 0.2) is 30.9 Å². The number of carbonyl (C=O) groups excluding carboxylic acids is 1. The van der Waals surface area contributed by atoms with Gasteiger partial charge < -0.3 is 20.6 Å². The van der Waals surface area contributed by atoms with Crippen LogP contribution in [0.25, 0.3) is 0 Å². The molecule has 0 aliphatic rings. The maximum atomic E-state index is 11.1. The smallest absolute Gasteiger partial charge is 0.326 e. The lowest BCUT2D eigenvalue weighted by molar-refractivity contribution is -0.141. The van der Waals surface area contributed by atoms with Crippen LogP contribution in [-0.4, -0.2) is 33.2 Å². The lowest BCUT2D eigenvalue weighted by Crippen LogP contribution is -2.41. The van der Waals surface area contributed by atoms with Crippen molar-refractivity contribution < 1.29 is 24.9 Å². The van der Waals surface area contributed by atoms with Gasteiger partial charge in [-0.3, -0.25) is 4.79 Å². The Kier molecular flexibility index (Phi) is 4.31. The summed E-state index contributed by atoms with van der Waals surface area (Å²) in [6.45, 7) is 3.23. The molecular weight excluding hydrogens is 238 g/mol. The van der Waals surface area contributed by atoms with Gasteiger partial charge in [0.05, 0.1) is 0 Å². The van der Waals surface area contributed by atoms with Crippen molar-refractivity contribution in [3.63, 3.8) is 0 Å². The average molecular weight is 251 g/mol. The first-order valence-electron chi connectivity index (χ1n) is 5.10. The lowest BCUT2D eigenvalue weighted by Gasteiger charge is -2.13. The highest BCUT2D eigenvalue weighted by atomic mass is 16.4. The van der Waals surface area contributed by atoms with Crippen LogP contribution in [-0.2, 0) is 16.0 Å². The molecular formula is C12H13NO5. The highest BCUT2D eigenvalue weighted by Crippen LogP contribution is 2.25. The topological polar surface area (TPSA) is 107 Å². The lowest BCUT2D eigenvalue weighted by atomic mass is 10.1. The molecule has 0 heterocycles. The van der Waals surface area contributed by atoms with Gasteiger partial charge in [-0.2, -0.15) is 0 Å². The number of hydrogen-bond donors (Lipinski definition) is 4. The van der Waals surface area contributed by atoms with E-state index in [4.69, 9.17) is 10.2 Å². The van der Waals surface area contributed by atoms with Crippen LogP contribution in [0, 0.1) is 0 Å². The molecule has 96 valence electrons. The molecule has 0 spiro atoms. The maximum absolute atomic E-state index is 11.1. The van der Waals surface area contributed by atoms with E-state index in [1.165, 1.54) is 18.2 Å². The summed E-state index contributed by atoms with van der Waals surface area (Å²) < 4.78 is 0. The number of aromatic hydroxyl groups is 2. The number of hydrogen-bond acceptors (Lipinski definition) is 4. The summed E-state index contributed by atoms with van der Waals surface area (Å²) in [5, 5.41) is 29.6. The standard InChI is InChI=1S/C12H13NO5/c1-2-11(16)13-8(12(17)18)5-7-3-4-9(14)10(15)6-7/h2-4,6,8,14-15H,1,5H2,(H,13,16)(H,17,18)/t8-/m0/s1. The van der Waals surface area contributed by atoms with Gasteiger partial charge in [-0.25, -0.2) is 4.79 Å². The fourth-order valence-electron chi connectivity index (χ4n) is 1.36. The van der Waals surface area contributed by atoms with Crippen LogP contribution in [0.1, 0.15) is 5.56 Å². The summed E-state index contributed by atoms with van der Waals surface area (Å²) in [6.07, 6.45) is 0.965. The Hall–Kier alpha value is -2.50. The van der Waals surface area contributed by atoms with Crippen molar-refractivity contribution in [1.82, 2.24) is 5.32 Å². The normalized spacial score (nSPS) is 11.6. The van der Waals surface area contributed by atoms with Gasteiger partial charge in [-0.05, 0) is 23.8 Å². The molecule has 0 bridgehead atoms. The molecule has 18 heavy (non-hydrogen) atoms. The first-order chi connectivity index (χ1) is 8.43. The molecule has 0 fully saturated rings. The number of rotatable bonds is 5. The molecule has 1 aromatic rings. The summed E-state index contributed by atoms with van der Waals surface area (Å²) in [5.74, 6) is -2.42. The SMILES string of the molecule is C=CC(=O)N[C@@H](Cc1ccc(O)c(O)c1)C(=O)O. The van der Waals surface area contributed by atoms with Crippen molar-refractivity contribution in [2.45, 2.75) is 12.5 Å². The van der Waals surface area contributed by atoms with E-state index in [2.05, 4.69) is 11.9 Å². The minimum atomic E-state index is -1.20. The number of carboxylic acid groups (broad SMARTS) is 1. The number of nitrogens with one attached hydrogen (secondary N) is 1. The first kappa shape index (κ1) is 13.6. The molecule has 0 aromatic heterocycles. The fraction of sp³-hybridized carbons (Fsp3) is 0.167. The van der Waals surface area contributed by atoms with Crippen molar-refractivity contribution >= 4 is 11.9 Å². The molecule has 1 amide bonds. The van der Waals surface area contributed by atoms with Crippen molar-refractivity contribution in [3.05, 3.63) is 36.4 Å². The summed E-state index contributed by atoms with van der Waals surface area (Å²) in [6, 6.07) is 2.83. The average Bonchev–Trinajstić information content (AvgIpc) is 2.32. The summed E-state index contributed by atoms with van der Waals surface area (Å²) in [7, 11) is 0. The molecule has 0 saturated heterocycles. The molecule has 0 unspecified atom stereocenters. The van der Waals surface area contributed by atoms with Gasteiger partial charge in [0.2, 0.25) is 5.91 Å². The third kappa shape index (κ3) is 3.51. The van der Waals surface area contributed by atoms with Gasteiger partial charge in [0.25, 0.3) is 0 Å². The van der Waals surface area contributed by atoms with Crippen LogP contribution >= 0.6 is 0 Å². The summed E-state index contributed by atoms with van der Waals surface area (Å²) in [4.78, 5) is 22.0. The molecule has 0 saturated carbocycles. The van der Waals surface area contributed by atoms with Gasteiger partial charge in [0, 0.05) is 6.42 Å². The molecule has 1 rings (SSSR count). The predicted molar refractivity (Wildman–Crippen MR) is 63.2 cm³/mol. The maximum Gasteiger partial charge on any atom is 0.326 e. The zero-order chi connectivity index (χ0) is 13.7. The van der Waals surface area contributed by atoms with Crippen LogP contribution in [0.3, 0.4) is 0 Å². The Morgan fingerprint density at radius 3 is 2.50 bits per heavy atom. The number of phenols is 2. The van der Waals surface area contributed by atoms with Crippen LogP contribution in [0.2, 0.25) is 0 Å². The Bertz CT molecular complexity index is 483. The summed E-state index contributed by atoms with van der Waals surface area (Å²) >= 11 is 0. The highest BCUT2D eigenvalue weighted by molar-refractivity contribution is 5.90. The van der Waals surface area contributed by atoms with Crippen molar-refractivity contribution in [1.29, 1.82) is 0 Å². The van der Waals surface area contributed by atoms with E-state index in [-0.39, 0.29) is 17.9 Å². The predicted octanol–water partition coefficient (Wildman–Crippen LogP) is 0.396. The minimum Gasteiger partial charge on any atom is -0.504 e. The van der Waals surface area contributed by atoms with E-state index in [1.807, 2.05) is 0 Å². The van der Waals surface area contributed by atoms with Crippen LogP contribution in [0.5, 0.6) is 11.5 Å². The van der Waals surface area contributed by atoms with Gasteiger partial charge in [0.15, 0.2) is 11.5 Å². The van der Waals surface area contributed by atoms with E-state index >= 15 is 0 Å². The van der Waals surface area contributed by atoms with E-state index < -0.39 is 17.9 Å². The van der Waals surface area contributed by atoms with Crippen molar-refractivity contribution in [3.8, 4) is 11.5 Å². The molecule has 0 aliphatic carbocycles. The second-order valence-electron chi connectivity index (χ2n) is 3.63.